The fourth-order valence-corrected chi connectivity index (χ4v) is 4.34. The van der Waals surface area contributed by atoms with Gasteiger partial charge in [-0.2, -0.15) is 0 Å². The van der Waals surface area contributed by atoms with Gasteiger partial charge in [0, 0.05) is 27.2 Å². The van der Waals surface area contributed by atoms with Crippen molar-refractivity contribution in [2.24, 2.45) is 5.73 Å². The van der Waals surface area contributed by atoms with Crippen molar-refractivity contribution in [3.63, 3.8) is 0 Å². The molecule has 0 spiro atoms. The molecule has 0 aromatic rings. The zero-order valence-electron chi connectivity index (χ0n) is 22.4. The van der Waals surface area contributed by atoms with E-state index in [9.17, 15) is 19.2 Å². The Balaban J connectivity index is 2.56. The monoisotopic (exact) mass is 514 g/mol. The molecule has 36 heavy (non-hydrogen) atoms. The molecule has 0 aromatic heterocycles. The minimum atomic E-state index is -1.11. The number of nitrogens with two attached hydrogens (primary N) is 1. The SMILES string of the molecule is CCCCCCCCCCCCCC(=O)N[C@@H]1[C@@H](OC(C)=O)[C@H](OC(C)=O)[C@@H](COC(C)=O)O[C@H]1N. The van der Waals surface area contributed by atoms with Crippen LogP contribution >= 0.6 is 0 Å². The molecule has 10 heteroatoms. The molecule has 0 saturated carbocycles. The zero-order chi connectivity index (χ0) is 26.9. The van der Waals surface area contributed by atoms with E-state index in [0.29, 0.717) is 6.42 Å². The number of ether oxygens (including phenoxy) is 4. The normalized spacial score (nSPS) is 23.5. The molecule has 1 saturated heterocycles. The van der Waals surface area contributed by atoms with Crippen LogP contribution in [-0.4, -0.2) is 61.0 Å². The Kier molecular flexibility index (Phi) is 16.0. The Labute approximate surface area is 215 Å². The maximum absolute atomic E-state index is 12.6. The topological polar surface area (TPSA) is 143 Å². The number of carbonyl (C=O) groups excluding carboxylic acids is 4. The van der Waals surface area contributed by atoms with Crippen molar-refractivity contribution in [2.75, 3.05) is 6.61 Å². The van der Waals surface area contributed by atoms with Gasteiger partial charge in [-0.25, -0.2) is 0 Å². The van der Waals surface area contributed by atoms with Gasteiger partial charge in [0.25, 0.3) is 0 Å². The second-order valence-electron chi connectivity index (χ2n) is 9.47. The second-order valence-corrected chi connectivity index (χ2v) is 9.47. The lowest BCUT2D eigenvalue weighted by Crippen LogP contribution is -2.68. The van der Waals surface area contributed by atoms with E-state index in [1.54, 1.807) is 0 Å². The second kappa shape index (κ2) is 18.1. The Bertz CT molecular complexity index is 687. The average molecular weight is 515 g/mol. The van der Waals surface area contributed by atoms with Gasteiger partial charge in [-0.3, -0.25) is 19.2 Å². The van der Waals surface area contributed by atoms with Gasteiger partial charge in [-0.15, -0.1) is 0 Å². The Morgan fingerprint density at radius 2 is 1.25 bits per heavy atom. The van der Waals surface area contributed by atoms with E-state index >= 15 is 0 Å². The van der Waals surface area contributed by atoms with Crippen LogP contribution in [0.25, 0.3) is 0 Å². The lowest BCUT2D eigenvalue weighted by molar-refractivity contribution is -0.222. The minimum absolute atomic E-state index is 0.252. The van der Waals surface area contributed by atoms with Gasteiger partial charge < -0.3 is 30.0 Å². The molecule has 0 aromatic carbocycles. The standard InChI is InChI=1S/C26H46N2O8/c1-5-6-7-8-9-10-11-12-13-14-15-16-22(32)28-23-25(35-20(4)31)24(34-19(3)30)21(36-26(23)27)17-33-18(2)29/h21,23-26H,5-17,27H2,1-4H3,(H,28,32)/t21-,23-,24-,25-,26-/m1/s1. The third-order valence-corrected chi connectivity index (χ3v) is 6.12. The van der Waals surface area contributed by atoms with Crippen molar-refractivity contribution in [2.45, 2.75) is 135 Å². The van der Waals surface area contributed by atoms with E-state index in [1.165, 1.54) is 72.1 Å². The fraction of sp³-hybridized carbons (Fsp3) is 0.846. The first-order valence-electron chi connectivity index (χ1n) is 13.3. The van der Waals surface area contributed by atoms with E-state index in [2.05, 4.69) is 12.2 Å². The molecule has 1 amide bonds. The molecule has 1 aliphatic heterocycles. The molecule has 10 nitrogen and oxygen atoms in total. The molecule has 1 aliphatic rings. The molecular weight excluding hydrogens is 468 g/mol. The highest BCUT2D eigenvalue weighted by molar-refractivity contribution is 5.76. The summed E-state index contributed by atoms with van der Waals surface area (Å²) < 4.78 is 21.4. The van der Waals surface area contributed by atoms with Gasteiger partial charge in [0.05, 0.1) is 0 Å². The maximum Gasteiger partial charge on any atom is 0.303 e. The number of esters is 3. The van der Waals surface area contributed by atoms with E-state index in [1.807, 2.05) is 0 Å². The summed E-state index contributed by atoms with van der Waals surface area (Å²) in [7, 11) is 0. The summed E-state index contributed by atoms with van der Waals surface area (Å²) >= 11 is 0. The van der Waals surface area contributed by atoms with Crippen LogP contribution in [0.3, 0.4) is 0 Å². The number of hydrogen-bond acceptors (Lipinski definition) is 9. The first-order valence-corrected chi connectivity index (χ1v) is 13.3. The van der Waals surface area contributed by atoms with Crippen LogP contribution in [0.1, 0.15) is 105 Å². The third-order valence-electron chi connectivity index (χ3n) is 6.12. The number of carbonyl (C=O) groups is 4. The van der Waals surface area contributed by atoms with Crippen LogP contribution in [0, 0.1) is 0 Å². The molecule has 1 fully saturated rings. The van der Waals surface area contributed by atoms with Crippen LogP contribution in [0.5, 0.6) is 0 Å². The number of nitrogens with one attached hydrogen (secondary N) is 1. The van der Waals surface area contributed by atoms with Crippen molar-refractivity contribution in [1.29, 1.82) is 0 Å². The first kappa shape index (κ1) is 31.8. The Morgan fingerprint density at radius 3 is 1.75 bits per heavy atom. The summed E-state index contributed by atoms with van der Waals surface area (Å²) in [4.78, 5) is 47.4. The molecule has 3 N–H and O–H groups in total. The van der Waals surface area contributed by atoms with Gasteiger partial charge in [-0.05, 0) is 6.42 Å². The number of unbranched alkanes of at least 4 members (excludes halogenated alkanes) is 10. The molecule has 208 valence electrons. The maximum atomic E-state index is 12.6. The molecule has 0 aliphatic carbocycles. The lowest BCUT2D eigenvalue weighted by atomic mass is 9.95. The van der Waals surface area contributed by atoms with E-state index in [0.717, 1.165) is 19.3 Å². The van der Waals surface area contributed by atoms with E-state index < -0.39 is 48.5 Å². The largest absolute Gasteiger partial charge is 0.463 e. The van der Waals surface area contributed by atoms with Gasteiger partial charge in [0.15, 0.2) is 12.2 Å². The van der Waals surface area contributed by atoms with Crippen molar-refractivity contribution in [1.82, 2.24) is 5.32 Å². The third kappa shape index (κ3) is 13.2. The molecule has 0 unspecified atom stereocenters. The van der Waals surface area contributed by atoms with Crippen LogP contribution in [0.2, 0.25) is 0 Å². The molecule has 1 rings (SSSR count). The molecule has 0 radical (unpaired) electrons. The highest BCUT2D eigenvalue weighted by Crippen LogP contribution is 2.25. The van der Waals surface area contributed by atoms with Gasteiger partial charge in [0.1, 0.15) is 25.0 Å². The average Bonchev–Trinajstić information content (AvgIpc) is 2.79. The Hall–Kier alpha value is -2.20. The van der Waals surface area contributed by atoms with Gasteiger partial charge >= 0.3 is 17.9 Å². The molecule has 5 atom stereocenters. The summed E-state index contributed by atoms with van der Waals surface area (Å²) in [5, 5.41) is 2.78. The van der Waals surface area contributed by atoms with Crippen LogP contribution in [0.4, 0.5) is 0 Å². The van der Waals surface area contributed by atoms with Crippen LogP contribution in [0.15, 0.2) is 0 Å². The van der Waals surface area contributed by atoms with E-state index in [4.69, 9.17) is 24.7 Å². The Morgan fingerprint density at radius 1 is 0.750 bits per heavy atom. The number of amides is 1. The molecule has 0 bridgehead atoms. The highest BCUT2D eigenvalue weighted by Gasteiger charge is 2.49. The zero-order valence-corrected chi connectivity index (χ0v) is 22.4. The summed E-state index contributed by atoms with van der Waals surface area (Å²) in [6.07, 6.45) is 9.00. The quantitative estimate of drug-likeness (QED) is 0.170. The summed E-state index contributed by atoms with van der Waals surface area (Å²) in [6, 6.07) is -0.938. The van der Waals surface area contributed by atoms with Crippen molar-refractivity contribution in [3.8, 4) is 0 Å². The van der Waals surface area contributed by atoms with E-state index in [-0.39, 0.29) is 12.5 Å². The van der Waals surface area contributed by atoms with Crippen molar-refractivity contribution in [3.05, 3.63) is 0 Å². The van der Waals surface area contributed by atoms with Crippen LogP contribution < -0.4 is 11.1 Å². The predicted molar refractivity (Wildman–Crippen MR) is 134 cm³/mol. The molecular formula is C26H46N2O8. The fourth-order valence-electron chi connectivity index (χ4n) is 4.34. The smallest absolute Gasteiger partial charge is 0.303 e. The number of rotatable bonds is 17. The van der Waals surface area contributed by atoms with Gasteiger partial charge in [-0.1, -0.05) is 71.1 Å². The van der Waals surface area contributed by atoms with Crippen molar-refractivity contribution >= 4 is 23.8 Å². The summed E-state index contributed by atoms with van der Waals surface area (Å²) in [6.45, 7) is 5.60. The lowest BCUT2D eigenvalue weighted by Gasteiger charge is -2.44. The minimum Gasteiger partial charge on any atom is -0.463 e. The van der Waals surface area contributed by atoms with Crippen molar-refractivity contribution < 1.29 is 38.1 Å². The highest BCUT2D eigenvalue weighted by atomic mass is 16.6. The van der Waals surface area contributed by atoms with Crippen LogP contribution in [-0.2, 0) is 38.1 Å². The summed E-state index contributed by atoms with van der Waals surface area (Å²) in [5.74, 6) is -2.09. The first-order chi connectivity index (χ1) is 17.1. The number of hydrogen-bond donors (Lipinski definition) is 2. The van der Waals surface area contributed by atoms with Gasteiger partial charge in [0.2, 0.25) is 5.91 Å². The molecule has 1 heterocycles. The summed E-state index contributed by atoms with van der Waals surface area (Å²) in [5.41, 5.74) is 6.14. The predicted octanol–water partition coefficient (Wildman–Crippen LogP) is 3.28.